The summed E-state index contributed by atoms with van der Waals surface area (Å²) in [5, 5.41) is 3.32. The van der Waals surface area contributed by atoms with Crippen molar-refractivity contribution >= 4 is 5.91 Å². The Morgan fingerprint density at radius 3 is 3.05 bits per heavy atom. The van der Waals surface area contributed by atoms with Crippen molar-refractivity contribution < 1.29 is 9.21 Å². The topological polar surface area (TPSA) is 45.5 Å². The molecule has 4 nitrogen and oxygen atoms in total. The van der Waals surface area contributed by atoms with Gasteiger partial charge in [-0.1, -0.05) is 24.3 Å². The van der Waals surface area contributed by atoms with E-state index in [1.165, 1.54) is 5.56 Å². The van der Waals surface area contributed by atoms with E-state index in [-0.39, 0.29) is 11.8 Å². The monoisotopic (exact) mass is 270 g/mol. The molecule has 1 aliphatic heterocycles. The minimum Gasteiger partial charge on any atom is -0.472 e. The number of hydrogen-bond acceptors (Lipinski definition) is 3. The predicted molar refractivity (Wildman–Crippen MR) is 76.1 cm³/mol. The van der Waals surface area contributed by atoms with Crippen molar-refractivity contribution in [3.05, 3.63) is 59.5 Å². The Hall–Kier alpha value is -2.07. The van der Waals surface area contributed by atoms with E-state index in [9.17, 15) is 4.79 Å². The third-order valence-corrected chi connectivity index (χ3v) is 3.77. The van der Waals surface area contributed by atoms with Crippen molar-refractivity contribution in [1.29, 1.82) is 0 Å². The Morgan fingerprint density at radius 1 is 1.40 bits per heavy atom. The van der Waals surface area contributed by atoms with Crippen LogP contribution in [0.15, 0.2) is 47.3 Å². The first-order chi connectivity index (χ1) is 9.75. The number of benzene rings is 1. The second kappa shape index (κ2) is 5.51. The van der Waals surface area contributed by atoms with Gasteiger partial charge in [0.1, 0.15) is 0 Å². The van der Waals surface area contributed by atoms with Gasteiger partial charge in [-0.3, -0.25) is 4.79 Å². The number of fused-ring (bicyclic) bond motifs is 1. The number of rotatable bonds is 3. The van der Waals surface area contributed by atoms with E-state index in [2.05, 4.69) is 17.4 Å². The third-order valence-electron chi connectivity index (χ3n) is 3.77. The van der Waals surface area contributed by atoms with Crippen LogP contribution in [0.1, 0.15) is 22.6 Å². The lowest BCUT2D eigenvalue weighted by molar-refractivity contribution is -0.132. The summed E-state index contributed by atoms with van der Waals surface area (Å²) in [6.07, 6.45) is 3.31. The lowest BCUT2D eigenvalue weighted by Crippen LogP contribution is -2.39. The Labute approximate surface area is 118 Å². The summed E-state index contributed by atoms with van der Waals surface area (Å²) in [5.74, 6) is 0.0442. The Kier molecular flexibility index (Phi) is 3.56. The van der Waals surface area contributed by atoms with Gasteiger partial charge in [-0.05, 0) is 17.2 Å². The summed E-state index contributed by atoms with van der Waals surface area (Å²) in [4.78, 5) is 14.4. The highest BCUT2D eigenvalue weighted by Crippen LogP contribution is 2.25. The fraction of sp³-hybridized carbons (Fsp3) is 0.312. The molecule has 0 radical (unpaired) electrons. The van der Waals surface area contributed by atoms with E-state index in [1.54, 1.807) is 17.4 Å². The van der Waals surface area contributed by atoms with Crippen LogP contribution < -0.4 is 5.32 Å². The highest BCUT2D eigenvalue weighted by Gasteiger charge is 2.28. The maximum atomic E-state index is 12.6. The van der Waals surface area contributed by atoms with Crippen molar-refractivity contribution in [2.24, 2.45) is 0 Å². The molecule has 0 spiro atoms. The van der Waals surface area contributed by atoms with Gasteiger partial charge in [0.2, 0.25) is 5.91 Å². The molecule has 0 saturated heterocycles. The standard InChI is InChI=1S/C16H18N2O2/c1-18(10-12-6-7-20-11-12)16(19)15-9-17-8-13-4-2-3-5-14(13)15/h2-7,11,15,17H,8-10H2,1H3. The molecule has 0 saturated carbocycles. The van der Waals surface area contributed by atoms with Crippen LogP contribution in [0.25, 0.3) is 0 Å². The van der Waals surface area contributed by atoms with Crippen LogP contribution in [-0.2, 0) is 17.9 Å². The van der Waals surface area contributed by atoms with Crippen LogP contribution >= 0.6 is 0 Å². The fourth-order valence-corrected chi connectivity index (χ4v) is 2.72. The molecule has 1 amide bonds. The smallest absolute Gasteiger partial charge is 0.231 e. The van der Waals surface area contributed by atoms with Crippen molar-refractivity contribution in [1.82, 2.24) is 10.2 Å². The summed E-state index contributed by atoms with van der Waals surface area (Å²) in [7, 11) is 1.84. The molecule has 104 valence electrons. The van der Waals surface area contributed by atoms with Crippen LogP contribution in [0.2, 0.25) is 0 Å². The zero-order chi connectivity index (χ0) is 13.9. The molecule has 20 heavy (non-hydrogen) atoms. The minimum absolute atomic E-state index is 0.100. The minimum atomic E-state index is -0.100. The number of hydrogen-bond donors (Lipinski definition) is 1. The van der Waals surface area contributed by atoms with E-state index in [0.29, 0.717) is 13.1 Å². The lowest BCUT2D eigenvalue weighted by atomic mass is 9.90. The molecule has 4 heteroatoms. The van der Waals surface area contributed by atoms with E-state index >= 15 is 0 Å². The SMILES string of the molecule is CN(Cc1ccoc1)C(=O)C1CNCc2ccccc21. The molecule has 0 bridgehead atoms. The first kappa shape index (κ1) is 12.9. The van der Waals surface area contributed by atoms with Gasteiger partial charge >= 0.3 is 0 Å². The molecule has 2 heterocycles. The number of carbonyl (C=O) groups excluding carboxylic acids is 1. The molecule has 1 aliphatic rings. The zero-order valence-electron chi connectivity index (χ0n) is 11.5. The van der Waals surface area contributed by atoms with Crippen LogP contribution in [0.3, 0.4) is 0 Å². The van der Waals surface area contributed by atoms with E-state index in [4.69, 9.17) is 4.42 Å². The number of nitrogens with one attached hydrogen (secondary N) is 1. The van der Waals surface area contributed by atoms with Gasteiger partial charge in [-0.2, -0.15) is 0 Å². The van der Waals surface area contributed by atoms with Gasteiger partial charge in [0.25, 0.3) is 0 Å². The van der Waals surface area contributed by atoms with Crippen molar-refractivity contribution in [2.75, 3.05) is 13.6 Å². The maximum absolute atomic E-state index is 12.6. The second-order valence-electron chi connectivity index (χ2n) is 5.21. The van der Waals surface area contributed by atoms with Crippen LogP contribution in [0.5, 0.6) is 0 Å². The van der Waals surface area contributed by atoms with Crippen molar-refractivity contribution in [3.8, 4) is 0 Å². The number of likely N-dealkylation sites (N-methyl/N-ethyl adjacent to an activating group) is 1. The molecule has 2 aromatic rings. The number of amides is 1. The van der Waals surface area contributed by atoms with Gasteiger partial charge in [-0.15, -0.1) is 0 Å². The van der Waals surface area contributed by atoms with Crippen LogP contribution in [0, 0.1) is 0 Å². The van der Waals surface area contributed by atoms with Gasteiger partial charge in [0, 0.05) is 32.2 Å². The molecule has 0 aliphatic carbocycles. The molecule has 1 aromatic heterocycles. The normalized spacial score (nSPS) is 17.6. The summed E-state index contributed by atoms with van der Waals surface area (Å²) < 4.78 is 5.05. The van der Waals surface area contributed by atoms with E-state index in [0.717, 1.165) is 17.7 Å². The summed E-state index contributed by atoms with van der Waals surface area (Å²) in [6.45, 7) is 2.12. The van der Waals surface area contributed by atoms with E-state index < -0.39 is 0 Å². The predicted octanol–water partition coefficient (Wildman–Crippen LogP) is 2.12. The first-order valence-electron chi connectivity index (χ1n) is 6.80. The van der Waals surface area contributed by atoms with E-state index in [1.807, 2.05) is 25.2 Å². The summed E-state index contributed by atoms with van der Waals surface area (Å²) in [6, 6.07) is 10.0. The van der Waals surface area contributed by atoms with Crippen molar-refractivity contribution in [2.45, 2.75) is 19.0 Å². The highest BCUT2D eigenvalue weighted by atomic mass is 16.3. The molecule has 3 rings (SSSR count). The molecule has 0 fully saturated rings. The molecule has 1 atom stereocenters. The molecule has 1 N–H and O–H groups in total. The highest BCUT2D eigenvalue weighted by molar-refractivity contribution is 5.84. The van der Waals surface area contributed by atoms with Gasteiger partial charge in [-0.25, -0.2) is 0 Å². The fourth-order valence-electron chi connectivity index (χ4n) is 2.72. The Morgan fingerprint density at radius 2 is 2.25 bits per heavy atom. The molecular weight excluding hydrogens is 252 g/mol. The van der Waals surface area contributed by atoms with Gasteiger partial charge in [0.05, 0.1) is 18.4 Å². The molecule has 1 unspecified atom stereocenters. The van der Waals surface area contributed by atoms with Crippen LogP contribution in [-0.4, -0.2) is 24.4 Å². The maximum Gasteiger partial charge on any atom is 0.231 e. The second-order valence-corrected chi connectivity index (χ2v) is 5.21. The molecule has 1 aromatic carbocycles. The quantitative estimate of drug-likeness (QED) is 0.929. The third kappa shape index (κ3) is 2.47. The average Bonchev–Trinajstić information content (AvgIpc) is 2.99. The Balaban J connectivity index is 1.77. The van der Waals surface area contributed by atoms with Crippen LogP contribution in [0.4, 0.5) is 0 Å². The number of nitrogens with zero attached hydrogens (tertiary/aromatic N) is 1. The number of furan rings is 1. The number of carbonyl (C=O) groups is 1. The molecular formula is C16H18N2O2. The van der Waals surface area contributed by atoms with Crippen molar-refractivity contribution in [3.63, 3.8) is 0 Å². The van der Waals surface area contributed by atoms with Gasteiger partial charge in [0.15, 0.2) is 0 Å². The first-order valence-corrected chi connectivity index (χ1v) is 6.80. The van der Waals surface area contributed by atoms with Gasteiger partial charge < -0.3 is 14.6 Å². The zero-order valence-corrected chi connectivity index (χ0v) is 11.5. The summed E-state index contributed by atoms with van der Waals surface area (Å²) in [5.41, 5.74) is 3.38. The Bertz CT molecular complexity index is 592. The summed E-state index contributed by atoms with van der Waals surface area (Å²) >= 11 is 0. The lowest BCUT2D eigenvalue weighted by Gasteiger charge is -2.29. The average molecular weight is 270 g/mol. The largest absolute Gasteiger partial charge is 0.472 e.